The molecule has 9 heteroatoms. The average Bonchev–Trinajstić information content (AvgIpc) is 3.39. The number of nitrogens with one attached hydrogen (secondary N) is 1. The van der Waals surface area contributed by atoms with Crippen LogP contribution in [0.25, 0.3) is 23.0 Å². The number of aliphatic hydroxyl groups excluding tert-OH is 1. The number of nitrogens with zero attached hydrogens (tertiary/aromatic N) is 5. The van der Waals surface area contributed by atoms with Gasteiger partial charge >= 0.3 is 0 Å². The van der Waals surface area contributed by atoms with Gasteiger partial charge in [-0.15, -0.1) is 10.2 Å². The average molecular weight is 381 g/mol. The highest BCUT2D eigenvalue weighted by molar-refractivity contribution is 5.66. The number of aromatic nitrogens is 4. The highest BCUT2D eigenvalue weighted by Gasteiger charge is 2.26. The summed E-state index contributed by atoms with van der Waals surface area (Å²) in [5, 5.41) is 20.9. The molecular formula is C19H23N7O2. The lowest BCUT2D eigenvalue weighted by atomic mass is 10.1. The number of hydrogen-bond acceptors (Lipinski definition) is 9. The minimum atomic E-state index is 0.0418. The van der Waals surface area contributed by atoms with Crippen molar-refractivity contribution < 1.29 is 9.52 Å². The Balaban J connectivity index is 1.62. The molecule has 1 aliphatic rings. The molecule has 146 valence electrons. The quantitative estimate of drug-likeness (QED) is 0.581. The summed E-state index contributed by atoms with van der Waals surface area (Å²) in [7, 11) is 1.91. The van der Waals surface area contributed by atoms with Gasteiger partial charge in [-0.05, 0) is 37.6 Å². The molecule has 0 saturated carbocycles. The Bertz CT molecular complexity index is 942. The minimum absolute atomic E-state index is 0.0418. The van der Waals surface area contributed by atoms with E-state index in [1.165, 1.54) is 0 Å². The van der Waals surface area contributed by atoms with Crippen molar-refractivity contribution in [3.05, 3.63) is 36.0 Å². The molecule has 0 unspecified atom stereocenters. The van der Waals surface area contributed by atoms with Crippen molar-refractivity contribution in [2.24, 2.45) is 0 Å². The molecule has 3 aromatic rings. The van der Waals surface area contributed by atoms with E-state index in [-0.39, 0.29) is 24.4 Å². The number of nitrogen functional groups attached to an aromatic ring is 1. The third-order valence-electron chi connectivity index (χ3n) is 4.88. The van der Waals surface area contributed by atoms with Crippen molar-refractivity contribution in [2.75, 3.05) is 30.8 Å². The smallest absolute Gasteiger partial charge is 0.270 e. The van der Waals surface area contributed by atoms with Crippen LogP contribution >= 0.6 is 0 Å². The van der Waals surface area contributed by atoms with Gasteiger partial charge in [-0.25, -0.2) is 9.97 Å². The maximum absolute atomic E-state index is 9.56. The first-order valence-corrected chi connectivity index (χ1v) is 9.27. The molecule has 0 bridgehead atoms. The number of benzene rings is 1. The Morgan fingerprint density at radius 2 is 2.04 bits per heavy atom. The van der Waals surface area contributed by atoms with Crippen molar-refractivity contribution in [3.8, 4) is 23.0 Å². The van der Waals surface area contributed by atoms with E-state index < -0.39 is 0 Å². The first-order chi connectivity index (χ1) is 13.7. The van der Waals surface area contributed by atoms with Gasteiger partial charge in [0.1, 0.15) is 5.82 Å². The predicted octanol–water partition coefficient (Wildman–Crippen LogP) is 1.46. The van der Waals surface area contributed by atoms with Crippen molar-refractivity contribution in [3.63, 3.8) is 0 Å². The van der Waals surface area contributed by atoms with Crippen LogP contribution in [-0.2, 0) is 6.54 Å². The molecule has 0 radical (unpaired) electrons. The molecule has 9 nitrogen and oxygen atoms in total. The Kier molecular flexibility index (Phi) is 5.18. The van der Waals surface area contributed by atoms with Crippen LogP contribution in [0.3, 0.4) is 0 Å². The second-order valence-electron chi connectivity index (χ2n) is 6.77. The van der Waals surface area contributed by atoms with Gasteiger partial charge in [0.25, 0.3) is 5.89 Å². The van der Waals surface area contributed by atoms with E-state index in [0.29, 0.717) is 17.4 Å². The lowest BCUT2D eigenvalue weighted by Gasteiger charge is -2.24. The minimum Gasteiger partial charge on any atom is -0.414 e. The second-order valence-corrected chi connectivity index (χ2v) is 6.77. The summed E-state index contributed by atoms with van der Waals surface area (Å²) in [4.78, 5) is 10.9. The van der Waals surface area contributed by atoms with Crippen LogP contribution in [0, 0.1) is 0 Å². The summed E-state index contributed by atoms with van der Waals surface area (Å²) in [6.45, 7) is 1.69. The molecule has 1 fully saturated rings. The van der Waals surface area contributed by atoms with Crippen LogP contribution in [0.5, 0.6) is 0 Å². The fourth-order valence-electron chi connectivity index (χ4n) is 3.42. The monoisotopic (exact) mass is 381 g/mol. The molecule has 1 aromatic carbocycles. The van der Waals surface area contributed by atoms with Gasteiger partial charge in [-0.1, -0.05) is 12.1 Å². The first-order valence-electron chi connectivity index (χ1n) is 9.27. The zero-order valence-corrected chi connectivity index (χ0v) is 15.7. The third kappa shape index (κ3) is 3.54. The molecule has 3 heterocycles. The molecular weight excluding hydrogens is 358 g/mol. The van der Waals surface area contributed by atoms with Gasteiger partial charge in [0.15, 0.2) is 11.5 Å². The number of hydrogen-bond donors (Lipinski definition) is 3. The number of rotatable bonds is 6. The van der Waals surface area contributed by atoms with E-state index in [1.54, 1.807) is 6.20 Å². The van der Waals surface area contributed by atoms with E-state index in [9.17, 15) is 5.11 Å². The Morgan fingerprint density at radius 1 is 1.25 bits per heavy atom. The molecule has 2 aromatic heterocycles. The molecule has 0 aliphatic carbocycles. The molecule has 1 aliphatic heterocycles. The fraction of sp³-hybridized carbons (Fsp3) is 0.368. The summed E-state index contributed by atoms with van der Waals surface area (Å²) in [5.74, 6) is 1.49. The van der Waals surface area contributed by atoms with Crippen LogP contribution in [0.1, 0.15) is 18.4 Å². The van der Waals surface area contributed by atoms with Crippen LogP contribution in [0.2, 0.25) is 0 Å². The predicted molar refractivity (Wildman–Crippen MR) is 105 cm³/mol. The second kappa shape index (κ2) is 7.91. The number of anilines is 2. The van der Waals surface area contributed by atoms with E-state index in [0.717, 1.165) is 37.1 Å². The first kappa shape index (κ1) is 18.3. The van der Waals surface area contributed by atoms with Crippen LogP contribution in [0.4, 0.5) is 11.6 Å². The van der Waals surface area contributed by atoms with Gasteiger partial charge in [-0.2, -0.15) is 0 Å². The van der Waals surface area contributed by atoms with E-state index in [4.69, 9.17) is 10.2 Å². The van der Waals surface area contributed by atoms with Crippen molar-refractivity contribution in [1.82, 2.24) is 25.5 Å². The van der Waals surface area contributed by atoms with Gasteiger partial charge in [0.2, 0.25) is 5.89 Å². The fourth-order valence-corrected chi connectivity index (χ4v) is 3.42. The van der Waals surface area contributed by atoms with Gasteiger partial charge < -0.3 is 25.5 Å². The molecule has 4 N–H and O–H groups in total. The lowest BCUT2D eigenvalue weighted by molar-refractivity contribution is 0.266. The topological polar surface area (TPSA) is 126 Å². The Hall–Kier alpha value is -3.04. The molecule has 1 saturated heterocycles. The van der Waals surface area contributed by atoms with Gasteiger partial charge in [0, 0.05) is 18.7 Å². The summed E-state index contributed by atoms with van der Waals surface area (Å²) in [6, 6.07) is 7.93. The zero-order chi connectivity index (χ0) is 19.5. The highest BCUT2D eigenvalue weighted by Crippen LogP contribution is 2.29. The van der Waals surface area contributed by atoms with Crippen molar-refractivity contribution >= 4 is 11.6 Å². The third-order valence-corrected chi connectivity index (χ3v) is 4.88. The number of nitrogens with two attached hydrogens (primary N) is 1. The van der Waals surface area contributed by atoms with Crippen LogP contribution < -0.4 is 16.0 Å². The van der Waals surface area contributed by atoms with Gasteiger partial charge in [-0.3, -0.25) is 0 Å². The van der Waals surface area contributed by atoms with Crippen molar-refractivity contribution in [1.29, 1.82) is 0 Å². The zero-order valence-electron chi connectivity index (χ0n) is 15.7. The Labute approximate surface area is 162 Å². The van der Waals surface area contributed by atoms with Crippen molar-refractivity contribution in [2.45, 2.75) is 25.4 Å². The summed E-state index contributed by atoms with van der Waals surface area (Å²) in [6.07, 6.45) is 3.54. The molecule has 28 heavy (non-hydrogen) atoms. The molecule has 0 amide bonds. The maximum Gasteiger partial charge on any atom is 0.270 e. The summed E-state index contributed by atoms with van der Waals surface area (Å²) >= 11 is 0. The SMILES string of the molecule is CNCc1ccc(-c2nnc(-c3nc(N4CCC[C@@H]4CO)cnc3N)o2)cc1. The van der Waals surface area contributed by atoms with E-state index >= 15 is 0 Å². The van der Waals surface area contributed by atoms with Gasteiger partial charge in [0.05, 0.1) is 18.8 Å². The standard InChI is InChI=1S/C19H23N7O2/c1-21-9-12-4-6-13(7-5-12)18-24-25-19(28-18)16-17(20)22-10-15(23-16)26-8-2-3-14(26)11-27/h4-7,10,14,21,27H,2-3,8-9,11H2,1H3,(H2,20,22)/t14-/m1/s1. The summed E-state index contributed by atoms with van der Waals surface area (Å²) < 4.78 is 5.82. The van der Waals surface area contributed by atoms with E-state index in [1.807, 2.05) is 36.2 Å². The Morgan fingerprint density at radius 3 is 2.79 bits per heavy atom. The van der Waals surface area contributed by atoms with E-state index in [2.05, 4.69) is 25.5 Å². The summed E-state index contributed by atoms with van der Waals surface area (Å²) in [5.41, 5.74) is 8.35. The molecule has 0 spiro atoms. The van der Waals surface area contributed by atoms with Crippen LogP contribution in [0.15, 0.2) is 34.9 Å². The molecule has 1 atom stereocenters. The molecule has 4 rings (SSSR count). The highest BCUT2D eigenvalue weighted by atomic mass is 16.4. The number of aliphatic hydroxyl groups is 1. The maximum atomic E-state index is 9.56. The normalized spacial score (nSPS) is 16.6. The van der Waals surface area contributed by atoms with Crippen LogP contribution in [-0.4, -0.2) is 51.5 Å². The largest absolute Gasteiger partial charge is 0.414 e. The lowest BCUT2D eigenvalue weighted by Crippen LogP contribution is -2.33.